The van der Waals surface area contributed by atoms with E-state index in [1.807, 2.05) is 23.6 Å². The quantitative estimate of drug-likeness (QED) is 0.271. The first-order valence-corrected chi connectivity index (χ1v) is 16.4. The zero-order chi connectivity index (χ0) is 32.1. The number of thiophene rings is 1. The summed E-state index contributed by atoms with van der Waals surface area (Å²) in [6.45, 7) is 1.98. The number of likely N-dealkylation sites (tertiary alicyclic amines) is 1. The number of amides is 4. The van der Waals surface area contributed by atoms with Crippen LogP contribution in [0.2, 0.25) is 5.02 Å². The third-order valence-corrected chi connectivity index (χ3v) is 11.7. The first kappa shape index (κ1) is 29.1. The molecule has 2 aliphatic carbocycles. The van der Waals surface area contributed by atoms with Crippen molar-refractivity contribution >= 4 is 52.3 Å². The van der Waals surface area contributed by atoms with E-state index in [1.165, 1.54) is 34.4 Å². The Hall–Kier alpha value is -4.28. The number of anilines is 1. The van der Waals surface area contributed by atoms with Gasteiger partial charge in [-0.3, -0.25) is 24.1 Å². The topological polar surface area (TPSA) is 104 Å². The van der Waals surface area contributed by atoms with E-state index in [1.54, 1.807) is 25.3 Å². The van der Waals surface area contributed by atoms with E-state index >= 15 is 0 Å². The van der Waals surface area contributed by atoms with Gasteiger partial charge in [0.05, 0.1) is 46.7 Å². The first-order valence-electron chi connectivity index (χ1n) is 15.2. The Bertz CT molecular complexity index is 1920. The third kappa shape index (κ3) is 4.09. The van der Waals surface area contributed by atoms with Crippen molar-refractivity contribution in [3.8, 4) is 11.5 Å². The zero-order valence-corrected chi connectivity index (χ0v) is 26.2. The lowest BCUT2D eigenvalue weighted by atomic mass is 9.51. The van der Waals surface area contributed by atoms with Gasteiger partial charge in [-0.2, -0.15) is 0 Å². The van der Waals surface area contributed by atoms with Crippen molar-refractivity contribution in [2.45, 2.75) is 32.7 Å². The summed E-state index contributed by atoms with van der Waals surface area (Å²) in [6.07, 6.45) is 4.49. The molecular formula is C35H28ClFN2O6S. The number of hydrogen-bond donors (Lipinski definition) is 1. The van der Waals surface area contributed by atoms with Crippen LogP contribution < -0.4 is 9.64 Å². The Labute approximate surface area is 272 Å². The molecule has 6 unspecified atom stereocenters. The van der Waals surface area contributed by atoms with Crippen molar-refractivity contribution in [2.24, 2.45) is 35.0 Å². The van der Waals surface area contributed by atoms with Crippen molar-refractivity contribution in [3.63, 3.8) is 0 Å². The van der Waals surface area contributed by atoms with Crippen LogP contribution in [0, 0.1) is 40.8 Å². The molecule has 8 nitrogen and oxygen atoms in total. The number of aromatic hydroxyl groups is 1. The number of phenolic OH excluding ortho intramolecular Hbond substituents is 1. The van der Waals surface area contributed by atoms with Crippen LogP contribution in [0.5, 0.6) is 11.5 Å². The minimum Gasteiger partial charge on any atom is -0.508 e. The van der Waals surface area contributed by atoms with Gasteiger partial charge in [-0.15, -0.1) is 11.3 Å². The highest BCUT2D eigenvalue weighted by atomic mass is 35.5. The van der Waals surface area contributed by atoms with E-state index in [2.05, 4.69) is 0 Å². The average Bonchev–Trinajstić information content (AvgIpc) is 3.69. The number of imide groups is 2. The molecule has 5 aliphatic rings. The fourth-order valence-electron chi connectivity index (χ4n) is 8.50. The highest BCUT2D eigenvalue weighted by Crippen LogP contribution is 2.63. The number of carbonyl (C=O) groups is 4. The number of nitrogens with zero attached hydrogens (tertiary/aromatic N) is 2. The highest BCUT2D eigenvalue weighted by molar-refractivity contribution is 7.09. The van der Waals surface area contributed by atoms with Gasteiger partial charge >= 0.3 is 0 Å². The van der Waals surface area contributed by atoms with Crippen molar-refractivity contribution in [3.05, 3.63) is 98.7 Å². The molecule has 3 aliphatic heterocycles. The molecule has 234 valence electrons. The standard InChI is InChI=1S/C35H28ClFN2O6S/c1-35-25(32(42)39(34(35)44)19-4-8-27(37)26(36)13-19)14-24-22(30(35)18-11-17-12-20(40)5-9-28(17)45-16-18)6-7-23-29(24)33(43)38(31(23)41)15-21-3-2-10-46-21/h2-6,8-10,12-13,16,23-25,29-30,40H,7,11,14-15H2,1H3. The van der Waals surface area contributed by atoms with E-state index in [9.17, 15) is 28.7 Å². The maximum Gasteiger partial charge on any atom is 0.241 e. The monoisotopic (exact) mass is 658 g/mol. The Morgan fingerprint density at radius 1 is 1.07 bits per heavy atom. The van der Waals surface area contributed by atoms with E-state index in [4.69, 9.17) is 16.3 Å². The second kappa shape index (κ2) is 10.4. The minimum absolute atomic E-state index is 0.0707. The summed E-state index contributed by atoms with van der Waals surface area (Å²) in [7, 11) is 0. The second-order valence-corrected chi connectivity index (χ2v) is 14.3. The molecule has 4 heterocycles. The van der Waals surface area contributed by atoms with E-state index in [0.717, 1.165) is 32.6 Å². The molecule has 2 aromatic carbocycles. The summed E-state index contributed by atoms with van der Waals surface area (Å²) in [5.74, 6) is -4.58. The zero-order valence-electron chi connectivity index (χ0n) is 24.6. The lowest BCUT2D eigenvalue weighted by molar-refractivity contribution is -0.141. The number of benzene rings is 2. The fourth-order valence-corrected chi connectivity index (χ4v) is 9.36. The SMILES string of the molecule is CC12C(=O)N(c3ccc(F)c(Cl)c3)C(=O)C1CC1C(=CCC3C(=O)N(Cc4cccs4)C(=O)C31)C2C1=COc2ccc(O)cc2C1. The van der Waals surface area contributed by atoms with E-state index < -0.39 is 52.6 Å². The van der Waals surface area contributed by atoms with Crippen LogP contribution in [0.3, 0.4) is 0 Å². The van der Waals surface area contributed by atoms with Gasteiger partial charge < -0.3 is 9.84 Å². The van der Waals surface area contributed by atoms with Gasteiger partial charge in [-0.1, -0.05) is 29.3 Å². The summed E-state index contributed by atoms with van der Waals surface area (Å²) in [5, 5.41) is 11.9. The Kier molecular flexibility index (Phi) is 6.57. The smallest absolute Gasteiger partial charge is 0.241 e. The van der Waals surface area contributed by atoms with Crippen molar-refractivity contribution in [1.29, 1.82) is 0 Å². The second-order valence-electron chi connectivity index (χ2n) is 12.9. The molecular weight excluding hydrogens is 631 g/mol. The van der Waals surface area contributed by atoms with Crippen LogP contribution in [0.4, 0.5) is 10.1 Å². The van der Waals surface area contributed by atoms with Gasteiger partial charge in [0.2, 0.25) is 23.6 Å². The van der Waals surface area contributed by atoms with Gasteiger partial charge in [0.1, 0.15) is 17.3 Å². The molecule has 3 aromatic rings. The van der Waals surface area contributed by atoms with Crippen LogP contribution in [0.15, 0.2) is 77.4 Å². The predicted octanol–water partition coefficient (Wildman–Crippen LogP) is 6.03. The Morgan fingerprint density at radius 3 is 2.65 bits per heavy atom. The number of phenols is 1. The van der Waals surface area contributed by atoms with Crippen molar-refractivity contribution in [2.75, 3.05) is 4.90 Å². The predicted molar refractivity (Wildman–Crippen MR) is 167 cm³/mol. The summed E-state index contributed by atoms with van der Waals surface area (Å²) >= 11 is 7.57. The minimum atomic E-state index is -1.28. The first-order chi connectivity index (χ1) is 22.1. The molecule has 1 N–H and O–H groups in total. The molecule has 6 atom stereocenters. The average molecular weight is 659 g/mol. The van der Waals surface area contributed by atoms with Crippen LogP contribution in [-0.2, 0) is 32.1 Å². The van der Waals surface area contributed by atoms with E-state index in [-0.39, 0.29) is 41.2 Å². The van der Waals surface area contributed by atoms with Gasteiger partial charge in [-0.25, -0.2) is 9.29 Å². The van der Waals surface area contributed by atoms with Crippen LogP contribution in [0.1, 0.15) is 30.2 Å². The van der Waals surface area contributed by atoms with Gasteiger partial charge in [-0.05, 0) is 79.1 Å². The molecule has 0 bridgehead atoms. The lowest BCUT2D eigenvalue weighted by Crippen LogP contribution is -2.51. The molecule has 2 saturated heterocycles. The largest absolute Gasteiger partial charge is 0.508 e. The highest BCUT2D eigenvalue weighted by Gasteiger charge is 2.68. The maximum absolute atomic E-state index is 14.6. The molecule has 46 heavy (non-hydrogen) atoms. The lowest BCUT2D eigenvalue weighted by Gasteiger charge is -2.49. The summed E-state index contributed by atoms with van der Waals surface area (Å²) < 4.78 is 20.1. The maximum atomic E-state index is 14.6. The number of halogens is 2. The summed E-state index contributed by atoms with van der Waals surface area (Å²) in [4.78, 5) is 60.0. The van der Waals surface area contributed by atoms with Crippen molar-refractivity contribution < 1.29 is 33.4 Å². The fraction of sp³-hybridized carbons (Fsp3) is 0.314. The van der Waals surface area contributed by atoms with Gasteiger partial charge in [0.15, 0.2) is 0 Å². The summed E-state index contributed by atoms with van der Waals surface area (Å²) in [5.41, 5.74) is 1.19. The molecule has 0 spiro atoms. The normalized spacial score (nSPS) is 29.9. The number of hydrogen-bond acceptors (Lipinski definition) is 7. The van der Waals surface area contributed by atoms with Crippen molar-refractivity contribution in [1.82, 2.24) is 4.90 Å². The Morgan fingerprint density at radius 2 is 1.89 bits per heavy atom. The number of ether oxygens (including phenoxy) is 1. The van der Waals surface area contributed by atoms with Gasteiger partial charge in [0, 0.05) is 22.8 Å². The molecule has 1 saturated carbocycles. The molecule has 3 fully saturated rings. The number of allylic oxidation sites excluding steroid dienone is 3. The summed E-state index contributed by atoms with van der Waals surface area (Å²) in [6, 6.07) is 12.3. The third-order valence-electron chi connectivity index (χ3n) is 10.6. The number of rotatable bonds is 4. The van der Waals surface area contributed by atoms with Crippen LogP contribution in [0.25, 0.3) is 0 Å². The number of carbonyl (C=O) groups excluding carboxylic acids is 4. The molecule has 1 aromatic heterocycles. The van der Waals surface area contributed by atoms with E-state index in [0.29, 0.717) is 18.6 Å². The number of fused-ring (bicyclic) bond motifs is 5. The molecule has 11 heteroatoms. The Balaban J connectivity index is 1.24. The molecule has 0 radical (unpaired) electrons. The molecule has 8 rings (SSSR count). The molecule has 4 amide bonds. The van der Waals surface area contributed by atoms with Crippen LogP contribution >= 0.6 is 22.9 Å². The van der Waals surface area contributed by atoms with Gasteiger partial charge in [0.25, 0.3) is 0 Å². The van der Waals surface area contributed by atoms with Crippen LogP contribution in [-0.4, -0.2) is 33.6 Å².